The molecule has 0 aliphatic heterocycles. The molecule has 4 heteroatoms. The van der Waals surface area contributed by atoms with Crippen LogP contribution >= 0.6 is 11.3 Å². The summed E-state index contributed by atoms with van der Waals surface area (Å²) < 4.78 is 10.0. The van der Waals surface area contributed by atoms with Gasteiger partial charge < -0.3 is 13.7 Å². The van der Waals surface area contributed by atoms with Gasteiger partial charge in [-0.2, -0.15) is 0 Å². The monoisotopic (exact) mass is 679 g/mol. The lowest BCUT2D eigenvalue weighted by atomic mass is 10.1. The largest absolute Gasteiger partial charge is 0.309 e. The SMILES string of the molecule is c1ccc(-n2c3ccccc3c3cc(-n4c5ccccc5c5ccc6c(c7ccccc7n6-c6cccc7sc8ccccc8c67)c54)ccc32)cc1. The van der Waals surface area contributed by atoms with Gasteiger partial charge in [-0.1, -0.05) is 103 Å². The van der Waals surface area contributed by atoms with Crippen molar-refractivity contribution in [3.8, 4) is 17.1 Å². The molecule has 52 heavy (non-hydrogen) atoms. The number of rotatable bonds is 3. The second kappa shape index (κ2) is 10.5. The summed E-state index contributed by atoms with van der Waals surface area (Å²) in [7, 11) is 0. The molecule has 0 N–H and O–H groups in total. The lowest BCUT2D eigenvalue weighted by Crippen LogP contribution is -1.96. The van der Waals surface area contributed by atoms with Crippen LogP contribution in [0.3, 0.4) is 0 Å². The van der Waals surface area contributed by atoms with Crippen molar-refractivity contribution < 1.29 is 0 Å². The fourth-order valence-electron chi connectivity index (χ4n) is 8.93. The molecule has 0 spiro atoms. The van der Waals surface area contributed by atoms with Gasteiger partial charge in [0.1, 0.15) is 0 Å². The fraction of sp³-hybridized carbons (Fsp3) is 0. The zero-order chi connectivity index (χ0) is 33.9. The molecule has 12 aromatic rings. The molecule has 3 nitrogen and oxygen atoms in total. The number of aromatic nitrogens is 3. The van der Waals surface area contributed by atoms with E-state index < -0.39 is 0 Å². The molecule has 0 bridgehead atoms. The van der Waals surface area contributed by atoms with Gasteiger partial charge in [0.15, 0.2) is 0 Å². The molecule has 0 saturated carbocycles. The first-order valence-corrected chi connectivity index (χ1v) is 18.6. The van der Waals surface area contributed by atoms with E-state index in [-0.39, 0.29) is 0 Å². The topological polar surface area (TPSA) is 14.8 Å². The first-order chi connectivity index (χ1) is 25.8. The van der Waals surface area contributed by atoms with Gasteiger partial charge in [0, 0.05) is 63.9 Å². The molecule has 8 aromatic carbocycles. The normalized spacial score (nSPS) is 12.2. The summed E-state index contributed by atoms with van der Waals surface area (Å²) in [6.45, 7) is 0. The maximum Gasteiger partial charge on any atom is 0.0641 e. The van der Waals surface area contributed by atoms with Crippen LogP contribution in [0, 0.1) is 0 Å². The van der Waals surface area contributed by atoms with E-state index in [1.54, 1.807) is 0 Å². The van der Waals surface area contributed by atoms with Crippen LogP contribution in [0.5, 0.6) is 0 Å². The van der Waals surface area contributed by atoms with E-state index in [4.69, 9.17) is 0 Å². The van der Waals surface area contributed by atoms with Gasteiger partial charge in [-0.3, -0.25) is 0 Å². The van der Waals surface area contributed by atoms with E-state index in [0.717, 1.165) is 5.69 Å². The van der Waals surface area contributed by atoms with Crippen molar-refractivity contribution in [2.75, 3.05) is 0 Å². The van der Waals surface area contributed by atoms with Crippen molar-refractivity contribution >= 4 is 96.9 Å². The van der Waals surface area contributed by atoms with E-state index in [9.17, 15) is 0 Å². The van der Waals surface area contributed by atoms with E-state index in [2.05, 4.69) is 190 Å². The summed E-state index contributed by atoms with van der Waals surface area (Å²) in [5, 5.41) is 10.2. The lowest BCUT2D eigenvalue weighted by Gasteiger charge is -2.12. The van der Waals surface area contributed by atoms with Gasteiger partial charge in [-0.05, 0) is 72.8 Å². The van der Waals surface area contributed by atoms with Crippen LogP contribution in [0.2, 0.25) is 0 Å². The number of thiophene rings is 1. The Morgan fingerprint density at radius 1 is 0.308 bits per heavy atom. The van der Waals surface area contributed by atoms with Crippen molar-refractivity contribution in [1.82, 2.24) is 13.7 Å². The molecule has 0 aliphatic carbocycles. The molecule has 0 saturated heterocycles. The molecular weight excluding hydrogens is 651 g/mol. The predicted octanol–water partition coefficient (Wildman–Crippen LogP) is 13.3. The van der Waals surface area contributed by atoms with Crippen LogP contribution in [0.25, 0.3) is 103 Å². The molecule has 0 radical (unpaired) electrons. The third-order valence-electron chi connectivity index (χ3n) is 11.0. The summed E-state index contributed by atoms with van der Waals surface area (Å²) in [4.78, 5) is 0. The minimum absolute atomic E-state index is 1.16. The second-order valence-corrected chi connectivity index (χ2v) is 14.8. The van der Waals surface area contributed by atoms with E-state index >= 15 is 0 Å². The molecule has 242 valence electrons. The number of para-hydroxylation sites is 4. The van der Waals surface area contributed by atoms with Crippen LogP contribution < -0.4 is 0 Å². The van der Waals surface area contributed by atoms with Crippen LogP contribution in [0.15, 0.2) is 176 Å². The average Bonchev–Trinajstić information content (AvgIpc) is 3.94. The predicted molar refractivity (Wildman–Crippen MR) is 222 cm³/mol. The molecule has 0 aliphatic rings. The van der Waals surface area contributed by atoms with Crippen LogP contribution in [-0.4, -0.2) is 13.7 Å². The Balaban J connectivity index is 1.22. The first-order valence-electron chi connectivity index (χ1n) is 17.8. The number of benzene rings is 8. The lowest BCUT2D eigenvalue weighted by molar-refractivity contribution is 1.17. The van der Waals surface area contributed by atoms with E-state index in [0.29, 0.717) is 0 Å². The van der Waals surface area contributed by atoms with Gasteiger partial charge in [0.25, 0.3) is 0 Å². The Labute approximate surface area is 302 Å². The number of hydrogen-bond donors (Lipinski definition) is 0. The number of nitrogens with zero attached hydrogens (tertiary/aromatic N) is 3. The Morgan fingerprint density at radius 3 is 1.71 bits per heavy atom. The standard InChI is InChI=1S/C48H29N3S/c1-2-13-30(14-3-1)49-38-19-8-5-16-33(38)37-29-31(25-27-41(37)49)50-39-20-9-4-15-32(39)34-26-28-43-47(48(34)50)35-17-6-10-21-40(35)51(43)42-22-12-24-45-46(42)36-18-7-11-23-44(36)52-45/h1-29H. The maximum atomic E-state index is 2.51. The minimum Gasteiger partial charge on any atom is -0.309 e. The Bertz CT molecular complexity index is 3410. The second-order valence-electron chi connectivity index (χ2n) is 13.7. The van der Waals surface area contributed by atoms with E-state index in [1.807, 2.05) is 11.3 Å². The zero-order valence-corrected chi connectivity index (χ0v) is 28.8. The van der Waals surface area contributed by atoms with Gasteiger partial charge in [-0.25, -0.2) is 0 Å². The number of fused-ring (bicyclic) bond motifs is 13. The zero-order valence-electron chi connectivity index (χ0n) is 28.0. The van der Waals surface area contributed by atoms with Gasteiger partial charge in [0.05, 0.1) is 38.8 Å². The maximum absolute atomic E-state index is 2.51. The summed E-state index contributed by atoms with van der Waals surface area (Å²) in [5.74, 6) is 0. The molecular formula is C48H29N3S. The van der Waals surface area contributed by atoms with E-state index in [1.165, 1.54) is 97.0 Å². The molecule has 0 fully saturated rings. The molecule has 4 aromatic heterocycles. The highest BCUT2D eigenvalue weighted by Gasteiger charge is 2.23. The summed E-state index contributed by atoms with van der Waals surface area (Å²) in [5.41, 5.74) is 10.8. The average molecular weight is 680 g/mol. The summed E-state index contributed by atoms with van der Waals surface area (Å²) in [6, 6.07) is 64.6. The number of hydrogen-bond acceptors (Lipinski definition) is 1. The van der Waals surface area contributed by atoms with Crippen molar-refractivity contribution in [2.24, 2.45) is 0 Å². The van der Waals surface area contributed by atoms with Crippen molar-refractivity contribution in [2.45, 2.75) is 0 Å². The van der Waals surface area contributed by atoms with Crippen molar-refractivity contribution in [1.29, 1.82) is 0 Å². The molecule has 0 unspecified atom stereocenters. The van der Waals surface area contributed by atoms with Gasteiger partial charge >= 0.3 is 0 Å². The third kappa shape index (κ3) is 3.69. The highest BCUT2D eigenvalue weighted by atomic mass is 32.1. The van der Waals surface area contributed by atoms with Crippen molar-refractivity contribution in [3.05, 3.63) is 176 Å². The summed E-state index contributed by atoms with van der Waals surface area (Å²) in [6.07, 6.45) is 0. The Kier molecular flexibility index (Phi) is 5.65. The van der Waals surface area contributed by atoms with Crippen molar-refractivity contribution in [3.63, 3.8) is 0 Å². The molecule has 12 rings (SSSR count). The van der Waals surface area contributed by atoms with Gasteiger partial charge in [0.2, 0.25) is 0 Å². The van der Waals surface area contributed by atoms with Gasteiger partial charge in [-0.15, -0.1) is 11.3 Å². The Hall–Kier alpha value is -6.62. The smallest absolute Gasteiger partial charge is 0.0641 e. The van der Waals surface area contributed by atoms with Crippen LogP contribution in [0.4, 0.5) is 0 Å². The third-order valence-corrected chi connectivity index (χ3v) is 12.2. The fourth-order valence-corrected chi connectivity index (χ4v) is 10.1. The van der Waals surface area contributed by atoms with Crippen LogP contribution in [0.1, 0.15) is 0 Å². The molecule has 4 heterocycles. The highest BCUT2D eigenvalue weighted by molar-refractivity contribution is 7.25. The highest BCUT2D eigenvalue weighted by Crippen LogP contribution is 2.45. The summed E-state index contributed by atoms with van der Waals surface area (Å²) >= 11 is 1.87. The van der Waals surface area contributed by atoms with Crippen LogP contribution in [-0.2, 0) is 0 Å². The molecule has 0 amide bonds. The Morgan fingerprint density at radius 2 is 0.904 bits per heavy atom. The minimum atomic E-state index is 1.16. The quantitative estimate of drug-likeness (QED) is 0.177. The molecule has 0 atom stereocenters. The first kappa shape index (κ1) is 28.1.